The molecule has 5 rings (SSSR count). The van der Waals surface area contributed by atoms with E-state index >= 15 is 0 Å². The van der Waals surface area contributed by atoms with Crippen LogP contribution in [0.25, 0.3) is 0 Å². The van der Waals surface area contributed by atoms with E-state index in [1.54, 1.807) is 0 Å². The number of Topliss-reactive ketones (excluding diaryl/α,β-unsaturated/α-hetero) is 1. The Hall–Kier alpha value is -2.49. The summed E-state index contributed by atoms with van der Waals surface area (Å²) in [6, 6.07) is 6.79. The lowest BCUT2D eigenvalue weighted by atomic mass is 9.80. The maximum absolute atomic E-state index is 13.8. The number of carbonyl (C=O) groups excluding carboxylic acids is 3. The molecule has 2 N–H and O–H groups in total. The fourth-order valence-electron chi connectivity index (χ4n) is 5.84. The van der Waals surface area contributed by atoms with Gasteiger partial charge in [0.2, 0.25) is 5.91 Å². The second-order valence-corrected chi connectivity index (χ2v) is 10.1. The van der Waals surface area contributed by atoms with Crippen molar-refractivity contribution in [3.8, 4) is 0 Å². The molecule has 3 atom stereocenters. The average Bonchev–Trinajstić information content (AvgIpc) is 3.40. The van der Waals surface area contributed by atoms with Crippen LogP contribution < -0.4 is 10.2 Å². The van der Waals surface area contributed by atoms with E-state index in [9.17, 15) is 19.5 Å². The summed E-state index contributed by atoms with van der Waals surface area (Å²) in [5.74, 6) is -0.753. The number of anilines is 1. The third kappa shape index (κ3) is 4.21. The Balaban J connectivity index is 1.32. The predicted octanol–water partition coefficient (Wildman–Crippen LogP) is 0.411. The Kier molecular flexibility index (Phi) is 6.35. The molecule has 4 aliphatic rings. The van der Waals surface area contributed by atoms with Crippen LogP contribution in [0.3, 0.4) is 0 Å². The van der Waals surface area contributed by atoms with Crippen molar-refractivity contribution in [2.75, 3.05) is 51.3 Å². The quantitative estimate of drug-likeness (QED) is 0.657. The molecule has 1 aromatic rings. The number of piperazine rings is 1. The molecule has 1 aliphatic carbocycles. The van der Waals surface area contributed by atoms with Gasteiger partial charge in [-0.2, -0.15) is 0 Å². The Morgan fingerprint density at radius 3 is 2.41 bits per heavy atom. The number of likely N-dealkylation sites (N-methyl/N-ethyl adjacent to an activating group) is 1. The summed E-state index contributed by atoms with van der Waals surface area (Å²) in [4.78, 5) is 45.5. The molecule has 3 aliphatic heterocycles. The number of nitrogens with zero attached hydrogens (tertiary/aromatic N) is 3. The topological polar surface area (TPSA) is 102 Å². The van der Waals surface area contributed by atoms with Gasteiger partial charge in [0.15, 0.2) is 5.78 Å². The van der Waals surface area contributed by atoms with Crippen molar-refractivity contribution < 1.29 is 24.2 Å². The number of nitrogens with one attached hydrogen (secondary N) is 1. The lowest BCUT2D eigenvalue weighted by molar-refractivity contribution is -0.143. The van der Waals surface area contributed by atoms with Gasteiger partial charge in [-0.3, -0.25) is 14.4 Å². The number of rotatable bonds is 4. The molecule has 0 spiro atoms. The summed E-state index contributed by atoms with van der Waals surface area (Å²) in [7, 11) is 2.12. The fourth-order valence-corrected chi connectivity index (χ4v) is 5.84. The molecule has 34 heavy (non-hydrogen) atoms. The minimum atomic E-state index is -1.07. The minimum absolute atomic E-state index is 0.0528. The second kappa shape index (κ2) is 9.28. The maximum Gasteiger partial charge on any atom is 0.252 e. The van der Waals surface area contributed by atoms with Gasteiger partial charge in [0.05, 0.1) is 6.54 Å². The molecule has 2 amide bonds. The van der Waals surface area contributed by atoms with Crippen LogP contribution in [-0.4, -0.2) is 103 Å². The zero-order chi connectivity index (χ0) is 23.9. The second-order valence-electron chi connectivity index (χ2n) is 10.1. The van der Waals surface area contributed by atoms with Gasteiger partial charge in [0.25, 0.3) is 5.91 Å². The first-order valence-electron chi connectivity index (χ1n) is 12.4. The molecule has 1 aromatic carbocycles. The van der Waals surface area contributed by atoms with Crippen molar-refractivity contribution in [2.45, 2.75) is 55.9 Å². The van der Waals surface area contributed by atoms with Crippen LogP contribution in [0.4, 0.5) is 5.69 Å². The van der Waals surface area contributed by atoms with Gasteiger partial charge in [-0.05, 0) is 44.2 Å². The van der Waals surface area contributed by atoms with E-state index in [1.165, 1.54) is 4.90 Å². The van der Waals surface area contributed by atoms with Crippen molar-refractivity contribution in [1.29, 1.82) is 0 Å². The highest BCUT2D eigenvalue weighted by Crippen LogP contribution is 2.35. The maximum atomic E-state index is 13.8. The van der Waals surface area contributed by atoms with Gasteiger partial charge in [-0.25, -0.2) is 0 Å². The lowest BCUT2D eigenvalue weighted by Gasteiger charge is -2.40. The molecule has 4 fully saturated rings. The summed E-state index contributed by atoms with van der Waals surface area (Å²) in [5, 5.41) is 13.4. The molecule has 9 heteroatoms. The standard InChI is InChI=1S/C25H34N4O5/c1-27-11-13-28(14-12-27)18-7-5-17(6-8-18)23(32)26-25(9-3-2-4-10-25)24(33)29-15-19(30)22-21(29)20(31)16-34-22/h5-8,19,21-22,30H,2-4,9-16H2,1H3,(H,26,32)/t19-,21-,22-/m1/s1. The smallest absolute Gasteiger partial charge is 0.252 e. The summed E-state index contributed by atoms with van der Waals surface area (Å²) in [6.07, 6.45) is 2.13. The molecule has 3 heterocycles. The third-order valence-corrected chi connectivity index (χ3v) is 7.89. The first kappa shape index (κ1) is 23.3. The number of benzene rings is 1. The van der Waals surface area contributed by atoms with E-state index in [2.05, 4.69) is 22.2 Å². The molecular formula is C25H34N4O5. The van der Waals surface area contributed by atoms with Gasteiger partial charge in [0.1, 0.15) is 30.4 Å². The van der Waals surface area contributed by atoms with E-state index in [4.69, 9.17) is 4.74 Å². The van der Waals surface area contributed by atoms with Crippen LogP contribution in [-0.2, 0) is 14.3 Å². The Morgan fingerprint density at radius 1 is 1.06 bits per heavy atom. The van der Waals surface area contributed by atoms with Crippen molar-refractivity contribution in [1.82, 2.24) is 15.1 Å². The number of aliphatic hydroxyl groups excluding tert-OH is 1. The number of aliphatic hydroxyl groups is 1. The van der Waals surface area contributed by atoms with Gasteiger partial charge < -0.3 is 29.9 Å². The van der Waals surface area contributed by atoms with Crippen LogP contribution in [0.1, 0.15) is 42.5 Å². The number of amides is 2. The fraction of sp³-hybridized carbons (Fsp3) is 0.640. The van der Waals surface area contributed by atoms with Gasteiger partial charge in [-0.1, -0.05) is 19.3 Å². The zero-order valence-electron chi connectivity index (χ0n) is 19.7. The largest absolute Gasteiger partial charge is 0.388 e. The molecular weight excluding hydrogens is 436 g/mol. The minimum Gasteiger partial charge on any atom is -0.388 e. The molecule has 0 radical (unpaired) electrons. The number of likely N-dealkylation sites (tertiary alicyclic amines) is 1. The SMILES string of the molecule is CN1CCN(c2ccc(C(=O)NC3(C(=O)N4C[C@@H](O)[C@H]5OCC(=O)[C@H]54)CCCCC3)cc2)CC1. The molecule has 3 saturated heterocycles. The van der Waals surface area contributed by atoms with Crippen LogP contribution in [0.15, 0.2) is 24.3 Å². The van der Waals surface area contributed by atoms with Crippen molar-refractivity contribution in [3.63, 3.8) is 0 Å². The van der Waals surface area contributed by atoms with Crippen molar-refractivity contribution in [2.24, 2.45) is 0 Å². The first-order valence-corrected chi connectivity index (χ1v) is 12.4. The first-order chi connectivity index (χ1) is 16.4. The Labute approximate surface area is 200 Å². The van der Waals surface area contributed by atoms with Crippen LogP contribution in [0, 0.1) is 0 Å². The molecule has 0 unspecified atom stereocenters. The number of hydrogen-bond acceptors (Lipinski definition) is 7. The number of β-amino-alcohol motifs (C(OH)–C–C–N with tert-alkyl or cyclic N) is 1. The number of ether oxygens (including phenoxy) is 1. The zero-order valence-corrected chi connectivity index (χ0v) is 19.7. The number of fused-ring (bicyclic) bond motifs is 1. The summed E-state index contributed by atoms with van der Waals surface area (Å²) < 4.78 is 5.43. The van der Waals surface area contributed by atoms with E-state index in [0.29, 0.717) is 18.4 Å². The van der Waals surface area contributed by atoms with Crippen molar-refractivity contribution >= 4 is 23.3 Å². The normalized spacial score (nSPS) is 29.2. The van der Waals surface area contributed by atoms with E-state index < -0.39 is 23.8 Å². The molecule has 0 aromatic heterocycles. The summed E-state index contributed by atoms with van der Waals surface area (Å²) in [5.41, 5.74) is 0.531. The van der Waals surface area contributed by atoms with Crippen LogP contribution >= 0.6 is 0 Å². The number of carbonyl (C=O) groups is 3. The molecule has 1 saturated carbocycles. The van der Waals surface area contributed by atoms with E-state index in [0.717, 1.165) is 51.1 Å². The van der Waals surface area contributed by atoms with Gasteiger partial charge in [0, 0.05) is 37.4 Å². The highest BCUT2D eigenvalue weighted by molar-refractivity contribution is 6.01. The number of hydrogen-bond donors (Lipinski definition) is 2. The highest BCUT2D eigenvalue weighted by atomic mass is 16.5. The lowest BCUT2D eigenvalue weighted by Crippen LogP contribution is -2.62. The predicted molar refractivity (Wildman–Crippen MR) is 126 cm³/mol. The summed E-state index contributed by atoms with van der Waals surface area (Å²) in [6.45, 7) is 3.88. The highest BCUT2D eigenvalue weighted by Gasteiger charge is 2.55. The van der Waals surface area contributed by atoms with Gasteiger partial charge in [-0.15, -0.1) is 0 Å². The average molecular weight is 471 g/mol. The Morgan fingerprint density at radius 2 is 1.74 bits per heavy atom. The van der Waals surface area contributed by atoms with Crippen LogP contribution in [0.2, 0.25) is 0 Å². The molecule has 184 valence electrons. The number of ketones is 1. The Bertz CT molecular complexity index is 937. The molecule has 9 nitrogen and oxygen atoms in total. The van der Waals surface area contributed by atoms with E-state index in [-0.39, 0.29) is 30.7 Å². The van der Waals surface area contributed by atoms with E-state index in [1.807, 2.05) is 24.3 Å². The third-order valence-electron chi connectivity index (χ3n) is 7.89. The van der Waals surface area contributed by atoms with Crippen molar-refractivity contribution in [3.05, 3.63) is 29.8 Å². The molecule has 0 bridgehead atoms. The summed E-state index contributed by atoms with van der Waals surface area (Å²) >= 11 is 0. The van der Waals surface area contributed by atoms with Gasteiger partial charge >= 0.3 is 0 Å². The monoisotopic (exact) mass is 470 g/mol. The van der Waals surface area contributed by atoms with Crippen LogP contribution in [0.5, 0.6) is 0 Å².